The molecule has 3 heterocycles. The fourth-order valence-electron chi connectivity index (χ4n) is 3.56. The molecule has 0 spiro atoms. The van der Waals surface area contributed by atoms with Crippen LogP contribution in [0.3, 0.4) is 0 Å². The van der Waals surface area contributed by atoms with E-state index in [4.69, 9.17) is 4.99 Å². The van der Waals surface area contributed by atoms with Crippen LogP contribution in [0, 0.1) is 0 Å². The van der Waals surface area contributed by atoms with Crippen LogP contribution in [-0.4, -0.2) is 48.1 Å². The Balaban J connectivity index is 1.58. The Morgan fingerprint density at radius 3 is 2.81 bits per heavy atom. The van der Waals surface area contributed by atoms with Gasteiger partial charge in [0.15, 0.2) is 5.96 Å². The van der Waals surface area contributed by atoms with Crippen LogP contribution in [0.2, 0.25) is 0 Å². The lowest BCUT2D eigenvalue weighted by atomic mass is 10.2. The van der Waals surface area contributed by atoms with Gasteiger partial charge in [-0.25, -0.2) is 9.98 Å². The molecule has 2 saturated heterocycles. The molecule has 0 bridgehead atoms. The first kappa shape index (κ1) is 19.3. The van der Waals surface area contributed by atoms with Crippen molar-refractivity contribution in [2.45, 2.75) is 57.2 Å². The number of rotatable bonds is 6. The van der Waals surface area contributed by atoms with Crippen molar-refractivity contribution in [3.8, 4) is 0 Å². The molecule has 26 heavy (non-hydrogen) atoms. The third-order valence-corrected chi connectivity index (χ3v) is 6.42. The predicted molar refractivity (Wildman–Crippen MR) is 113 cm³/mol. The number of anilines is 1. The number of guanidine groups is 1. The summed E-state index contributed by atoms with van der Waals surface area (Å²) in [7, 11) is 0. The van der Waals surface area contributed by atoms with E-state index in [-0.39, 0.29) is 0 Å². The van der Waals surface area contributed by atoms with Gasteiger partial charge in [-0.15, -0.1) is 0 Å². The zero-order chi connectivity index (χ0) is 18.0. The van der Waals surface area contributed by atoms with Crippen LogP contribution in [0.5, 0.6) is 0 Å². The largest absolute Gasteiger partial charge is 0.357 e. The molecule has 1 aromatic heterocycles. The van der Waals surface area contributed by atoms with Crippen LogP contribution in [-0.2, 0) is 6.54 Å². The highest BCUT2D eigenvalue weighted by Gasteiger charge is 2.15. The van der Waals surface area contributed by atoms with Crippen LogP contribution >= 0.6 is 11.8 Å². The van der Waals surface area contributed by atoms with Crippen molar-refractivity contribution in [1.29, 1.82) is 0 Å². The van der Waals surface area contributed by atoms with Gasteiger partial charge in [-0.1, -0.05) is 12.8 Å². The van der Waals surface area contributed by atoms with Gasteiger partial charge in [0.25, 0.3) is 0 Å². The summed E-state index contributed by atoms with van der Waals surface area (Å²) in [5.74, 6) is 3.34. The van der Waals surface area contributed by atoms with E-state index >= 15 is 0 Å². The summed E-state index contributed by atoms with van der Waals surface area (Å²) in [6.45, 7) is 6.96. The van der Waals surface area contributed by atoms with E-state index in [0.29, 0.717) is 6.54 Å². The molecule has 0 amide bonds. The quantitative estimate of drug-likeness (QED) is 0.589. The number of pyridine rings is 1. The number of hydrogen-bond acceptors (Lipinski definition) is 4. The lowest BCUT2D eigenvalue weighted by Gasteiger charge is -2.21. The number of thioether (sulfide) groups is 1. The van der Waals surface area contributed by atoms with E-state index in [0.717, 1.165) is 43.2 Å². The zero-order valence-electron chi connectivity index (χ0n) is 16.0. The average molecular weight is 376 g/mol. The van der Waals surface area contributed by atoms with Crippen LogP contribution in [0.25, 0.3) is 0 Å². The summed E-state index contributed by atoms with van der Waals surface area (Å²) < 4.78 is 0. The van der Waals surface area contributed by atoms with Crippen LogP contribution in [0.1, 0.15) is 51.0 Å². The molecule has 2 fully saturated rings. The summed E-state index contributed by atoms with van der Waals surface area (Å²) >= 11 is 2.08. The summed E-state index contributed by atoms with van der Waals surface area (Å²) in [6.07, 6.45) is 9.84. The van der Waals surface area contributed by atoms with Crippen molar-refractivity contribution in [2.24, 2.45) is 4.99 Å². The minimum atomic E-state index is 0.691. The minimum absolute atomic E-state index is 0.691. The fraction of sp³-hybridized carbons (Fsp3) is 0.700. The van der Waals surface area contributed by atoms with Gasteiger partial charge in [0.05, 0.1) is 6.54 Å². The molecule has 2 aliphatic heterocycles. The molecular weight excluding hydrogens is 342 g/mol. The Kier molecular flexibility index (Phi) is 7.92. The second-order valence-electron chi connectivity index (χ2n) is 7.13. The van der Waals surface area contributed by atoms with Crippen molar-refractivity contribution in [3.63, 3.8) is 0 Å². The molecule has 1 atom stereocenters. The predicted octanol–water partition coefficient (Wildman–Crippen LogP) is 3.41. The Hall–Kier alpha value is -1.43. The zero-order valence-corrected chi connectivity index (χ0v) is 16.9. The molecule has 1 aromatic rings. The molecule has 3 rings (SSSR count). The van der Waals surface area contributed by atoms with Gasteiger partial charge in [0.1, 0.15) is 5.82 Å². The van der Waals surface area contributed by atoms with E-state index in [9.17, 15) is 0 Å². The second-order valence-corrected chi connectivity index (χ2v) is 8.54. The van der Waals surface area contributed by atoms with Crippen molar-refractivity contribution >= 4 is 23.5 Å². The van der Waals surface area contributed by atoms with Gasteiger partial charge in [-0.05, 0) is 56.1 Å². The first-order chi connectivity index (χ1) is 12.8. The van der Waals surface area contributed by atoms with Crippen molar-refractivity contribution in [1.82, 2.24) is 15.6 Å². The van der Waals surface area contributed by atoms with E-state index in [1.807, 2.05) is 6.20 Å². The van der Waals surface area contributed by atoms with Crippen molar-refractivity contribution < 1.29 is 0 Å². The third kappa shape index (κ3) is 6.08. The monoisotopic (exact) mass is 375 g/mol. The molecule has 2 aliphatic rings. The highest BCUT2D eigenvalue weighted by molar-refractivity contribution is 8.00. The molecule has 0 aliphatic carbocycles. The van der Waals surface area contributed by atoms with Gasteiger partial charge in [-0.3, -0.25) is 0 Å². The highest BCUT2D eigenvalue weighted by Crippen LogP contribution is 2.25. The minimum Gasteiger partial charge on any atom is -0.357 e. The molecule has 0 radical (unpaired) electrons. The number of hydrogen-bond donors (Lipinski definition) is 2. The smallest absolute Gasteiger partial charge is 0.191 e. The maximum absolute atomic E-state index is 4.79. The van der Waals surface area contributed by atoms with E-state index < -0.39 is 0 Å². The molecule has 5 nitrogen and oxygen atoms in total. The highest BCUT2D eigenvalue weighted by atomic mass is 32.2. The van der Waals surface area contributed by atoms with Gasteiger partial charge in [0.2, 0.25) is 0 Å². The number of aliphatic imine (C=N–C) groups is 1. The van der Waals surface area contributed by atoms with Gasteiger partial charge in [0, 0.05) is 37.6 Å². The number of nitrogens with zero attached hydrogens (tertiary/aromatic N) is 3. The fourth-order valence-corrected chi connectivity index (χ4v) is 4.76. The molecule has 144 valence electrons. The van der Waals surface area contributed by atoms with Gasteiger partial charge in [-0.2, -0.15) is 11.8 Å². The summed E-state index contributed by atoms with van der Waals surface area (Å²) in [4.78, 5) is 11.8. The maximum atomic E-state index is 4.79. The third-order valence-electron chi connectivity index (χ3n) is 5.03. The first-order valence-corrected chi connectivity index (χ1v) is 11.2. The molecule has 6 heteroatoms. The summed E-state index contributed by atoms with van der Waals surface area (Å²) in [5.41, 5.74) is 1.23. The van der Waals surface area contributed by atoms with Gasteiger partial charge < -0.3 is 15.5 Å². The van der Waals surface area contributed by atoms with E-state index in [1.165, 1.54) is 49.8 Å². The lowest BCUT2D eigenvalue weighted by Crippen LogP contribution is -2.40. The Bertz CT molecular complexity index is 563. The van der Waals surface area contributed by atoms with Crippen LogP contribution in [0.15, 0.2) is 23.3 Å². The summed E-state index contributed by atoms with van der Waals surface area (Å²) in [5, 5.41) is 7.61. The Morgan fingerprint density at radius 1 is 1.23 bits per heavy atom. The SMILES string of the molecule is CCNC(=NCc1ccnc(N2CCCCCC2)c1)NCC1CCCS1. The molecule has 0 aromatic carbocycles. The molecule has 0 saturated carbocycles. The van der Waals surface area contributed by atoms with Crippen LogP contribution in [0.4, 0.5) is 5.82 Å². The van der Waals surface area contributed by atoms with Crippen molar-refractivity contribution in [2.75, 3.05) is 36.8 Å². The Morgan fingerprint density at radius 2 is 2.08 bits per heavy atom. The second kappa shape index (κ2) is 10.7. The number of nitrogens with one attached hydrogen (secondary N) is 2. The van der Waals surface area contributed by atoms with Crippen molar-refractivity contribution in [3.05, 3.63) is 23.9 Å². The van der Waals surface area contributed by atoms with E-state index in [2.05, 4.69) is 51.3 Å². The standard InChI is InChI=1S/C20H33N5S/c1-2-21-20(24-16-18-8-7-13-26-18)23-15-17-9-10-22-19(14-17)25-11-5-3-4-6-12-25/h9-10,14,18H,2-8,11-13,15-16H2,1H3,(H2,21,23,24). The number of aromatic nitrogens is 1. The molecule has 2 N–H and O–H groups in total. The topological polar surface area (TPSA) is 52.6 Å². The van der Waals surface area contributed by atoms with Crippen LogP contribution < -0.4 is 15.5 Å². The van der Waals surface area contributed by atoms with E-state index in [1.54, 1.807) is 0 Å². The lowest BCUT2D eigenvalue weighted by molar-refractivity contribution is 0.726. The molecular formula is C20H33N5S. The normalized spacial score (nSPS) is 21.5. The Labute approximate surface area is 162 Å². The molecule has 1 unspecified atom stereocenters. The summed E-state index contributed by atoms with van der Waals surface area (Å²) in [6, 6.07) is 4.30. The first-order valence-electron chi connectivity index (χ1n) is 10.2. The average Bonchev–Trinajstić information content (AvgIpc) is 3.04. The maximum Gasteiger partial charge on any atom is 0.191 e. The van der Waals surface area contributed by atoms with Gasteiger partial charge >= 0.3 is 0 Å².